The van der Waals surface area contributed by atoms with Gasteiger partial charge in [0.1, 0.15) is 11.5 Å². The van der Waals surface area contributed by atoms with Crippen LogP contribution >= 0.6 is 0 Å². The fourth-order valence-corrected chi connectivity index (χ4v) is 2.06. The zero-order valence-electron chi connectivity index (χ0n) is 11.2. The second-order valence-electron chi connectivity index (χ2n) is 4.63. The molecule has 0 saturated heterocycles. The Morgan fingerprint density at radius 1 is 1.42 bits per heavy atom. The van der Waals surface area contributed by atoms with Crippen LogP contribution in [0.3, 0.4) is 0 Å². The van der Waals surface area contributed by atoms with E-state index in [-0.39, 0.29) is 5.82 Å². The summed E-state index contributed by atoms with van der Waals surface area (Å²) >= 11 is 0. The van der Waals surface area contributed by atoms with Crippen LogP contribution < -0.4 is 0 Å². The third-order valence-electron chi connectivity index (χ3n) is 3.10. The lowest BCUT2D eigenvalue weighted by Crippen LogP contribution is -1.98. The molecule has 1 aromatic carbocycles. The quantitative estimate of drug-likeness (QED) is 0.770. The summed E-state index contributed by atoms with van der Waals surface area (Å²) in [6, 6.07) is 4.51. The number of aldehydes is 1. The van der Waals surface area contributed by atoms with Crippen molar-refractivity contribution >= 4 is 6.29 Å². The first-order chi connectivity index (χ1) is 9.15. The van der Waals surface area contributed by atoms with E-state index >= 15 is 0 Å². The van der Waals surface area contributed by atoms with Gasteiger partial charge in [-0.05, 0) is 37.1 Å². The zero-order valence-corrected chi connectivity index (χ0v) is 11.2. The highest BCUT2D eigenvalue weighted by molar-refractivity contribution is 5.86. The minimum atomic E-state index is -0.278. The van der Waals surface area contributed by atoms with Gasteiger partial charge in [0.25, 0.3) is 0 Å². The predicted molar refractivity (Wildman–Crippen MR) is 72.7 cm³/mol. The van der Waals surface area contributed by atoms with Gasteiger partial charge in [0.05, 0.1) is 5.56 Å². The summed E-state index contributed by atoms with van der Waals surface area (Å²) in [6.07, 6.45) is 4.64. The molecule has 0 aliphatic heterocycles. The second kappa shape index (κ2) is 5.78. The van der Waals surface area contributed by atoms with Crippen molar-refractivity contribution in [3.8, 4) is 11.3 Å². The van der Waals surface area contributed by atoms with E-state index in [9.17, 15) is 9.18 Å². The maximum Gasteiger partial charge on any atom is 0.153 e. The van der Waals surface area contributed by atoms with Crippen molar-refractivity contribution in [2.75, 3.05) is 0 Å². The van der Waals surface area contributed by atoms with Crippen molar-refractivity contribution in [1.29, 1.82) is 0 Å². The standard InChI is InChI=1S/C15H17FN2O/c1-3-4-7-18-9-12(10-19)15(17-18)14-6-5-13(16)8-11(14)2/h5-6,8-10H,3-4,7H2,1-2H3. The molecule has 2 rings (SSSR count). The molecule has 0 spiro atoms. The van der Waals surface area contributed by atoms with Crippen LogP contribution in [0.15, 0.2) is 24.4 Å². The SMILES string of the molecule is CCCCn1cc(C=O)c(-c2ccc(F)cc2C)n1. The highest BCUT2D eigenvalue weighted by atomic mass is 19.1. The van der Waals surface area contributed by atoms with E-state index in [1.165, 1.54) is 12.1 Å². The number of carbonyl (C=O) groups is 1. The molecule has 4 heteroatoms. The molecule has 19 heavy (non-hydrogen) atoms. The maximum atomic E-state index is 13.1. The number of carbonyl (C=O) groups excluding carboxylic acids is 1. The van der Waals surface area contributed by atoms with Gasteiger partial charge in [-0.3, -0.25) is 9.48 Å². The largest absolute Gasteiger partial charge is 0.298 e. The predicted octanol–water partition coefficient (Wildman–Crippen LogP) is 3.61. The lowest BCUT2D eigenvalue weighted by molar-refractivity contribution is 0.112. The molecule has 0 radical (unpaired) electrons. The van der Waals surface area contributed by atoms with Gasteiger partial charge < -0.3 is 0 Å². The zero-order chi connectivity index (χ0) is 13.8. The molecule has 0 unspecified atom stereocenters. The first-order valence-corrected chi connectivity index (χ1v) is 6.45. The molecule has 1 heterocycles. The topological polar surface area (TPSA) is 34.9 Å². The normalized spacial score (nSPS) is 10.7. The Labute approximate surface area is 112 Å². The van der Waals surface area contributed by atoms with Gasteiger partial charge in [0, 0.05) is 18.3 Å². The van der Waals surface area contributed by atoms with Gasteiger partial charge in [-0.25, -0.2) is 4.39 Å². The molecule has 1 aromatic heterocycles. The van der Waals surface area contributed by atoms with Gasteiger partial charge in [0.2, 0.25) is 0 Å². The number of aromatic nitrogens is 2. The van der Waals surface area contributed by atoms with Crippen molar-refractivity contribution in [3.63, 3.8) is 0 Å². The van der Waals surface area contributed by atoms with Crippen molar-refractivity contribution in [1.82, 2.24) is 9.78 Å². The van der Waals surface area contributed by atoms with E-state index in [2.05, 4.69) is 12.0 Å². The Hall–Kier alpha value is -1.97. The van der Waals surface area contributed by atoms with Crippen LogP contribution in [0.4, 0.5) is 4.39 Å². The Morgan fingerprint density at radius 3 is 2.84 bits per heavy atom. The average molecular weight is 260 g/mol. The number of halogens is 1. The summed E-state index contributed by atoms with van der Waals surface area (Å²) < 4.78 is 14.9. The Kier molecular flexibility index (Phi) is 4.10. The number of hydrogen-bond acceptors (Lipinski definition) is 2. The van der Waals surface area contributed by atoms with Crippen LogP contribution in [0.1, 0.15) is 35.7 Å². The Balaban J connectivity index is 2.42. The lowest BCUT2D eigenvalue weighted by Gasteiger charge is -2.03. The van der Waals surface area contributed by atoms with Gasteiger partial charge in [-0.1, -0.05) is 13.3 Å². The molecule has 0 aliphatic rings. The van der Waals surface area contributed by atoms with Gasteiger partial charge in [0.15, 0.2) is 6.29 Å². The molecule has 0 fully saturated rings. The Morgan fingerprint density at radius 2 is 2.21 bits per heavy atom. The molecule has 100 valence electrons. The van der Waals surface area contributed by atoms with Crippen LogP contribution in [0.5, 0.6) is 0 Å². The fourth-order valence-electron chi connectivity index (χ4n) is 2.06. The van der Waals surface area contributed by atoms with E-state index in [1.807, 2.05) is 6.92 Å². The number of aryl methyl sites for hydroxylation is 2. The van der Waals surface area contributed by atoms with E-state index in [4.69, 9.17) is 0 Å². The third-order valence-corrected chi connectivity index (χ3v) is 3.10. The fraction of sp³-hybridized carbons (Fsp3) is 0.333. The smallest absolute Gasteiger partial charge is 0.153 e. The first kappa shape index (κ1) is 13.5. The summed E-state index contributed by atoms with van der Waals surface area (Å²) in [6.45, 7) is 4.71. The van der Waals surface area contributed by atoms with Gasteiger partial charge in [-0.15, -0.1) is 0 Å². The monoisotopic (exact) mass is 260 g/mol. The first-order valence-electron chi connectivity index (χ1n) is 6.45. The average Bonchev–Trinajstić information content (AvgIpc) is 2.79. The van der Waals surface area contributed by atoms with Crippen molar-refractivity contribution in [2.24, 2.45) is 0 Å². The molecule has 3 nitrogen and oxygen atoms in total. The molecule has 2 aromatic rings. The number of benzene rings is 1. The molecular formula is C15H17FN2O. The summed E-state index contributed by atoms with van der Waals surface area (Å²) in [5, 5.41) is 4.44. The second-order valence-corrected chi connectivity index (χ2v) is 4.63. The molecule has 0 aliphatic carbocycles. The van der Waals surface area contributed by atoms with Crippen molar-refractivity contribution < 1.29 is 9.18 Å². The summed E-state index contributed by atoms with van der Waals surface area (Å²) in [7, 11) is 0. The van der Waals surface area contributed by atoms with Crippen LogP contribution in [0.2, 0.25) is 0 Å². The Bertz CT molecular complexity index is 590. The van der Waals surface area contributed by atoms with E-state index < -0.39 is 0 Å². The molecule has 0 saturated carbocycles. The van der Waals surface area contributed by atoms with E-state index in [0.717, 1.165) is 36.8 Å². The third kappa shape index (κ3) is 2.89. The number of unbranched alkanes of at least 4 members (excludes halogenated alkanes) is 1. The molecular weight excluding hydrogens is 243 g/mol. The number of rotatable bonds is 5. The van der Waals surface area contributed by atoms with Crippen LogP contribution in [-0.2, 0) is 6.54 Å². The van der Waals surface area contributed by atoms with Crippen molar-refractivity contribution in [2.45, 2.75) is 33.2 Å². The lowest BCUT2D eigenvalue weighted by atomic mass is 10.0. The van der Waals surface area contributed by atoms with E-state index in [0.29, 0.717) is 11.3 Å². The summed E-state index contributed by atoms with van der Waals surface area (Å²) in [5.74, 6) is -0.278. The summed E-state index contributed by atoms with van der Waals surface area (Å²) in [4.78, 5) is 11.1. The summed E-state index contributed by atoms with van der Waals surface area (Å²) in [5.41, 5.74) is 2.76. The molecule has 0 amide bonds. The number of nitrogens with zero attached hydrogens (tertiary/aromatic N) is 2. The highest BCUT2D eigenvalue weighted by Crippen LogP contribution is 2.25. The molecule has 0 bridgehead atoms. The van der Waals surface area contributed by atoms with Gasteiger partial charge in [-0.2, -0.15) is 5.10 Å². The van der Waals surface area contributed by atoms with E-state index in [1.54, 1.807) is 16.9 Å². The highest BCUT2D eigenvalue weighted by Gasteiger charge is 2.13. The van der Waals surface area contributed by atoms with Crippen LogP contribution in [0, 0.1) is 12.7 Å². The maximum absolute atomic E-state index is 13.1. The minimum absolute atomic E-state index is 0.278. The van der Waals surface area contributed by atoms with Crippen LogP contribution in [0.25, 0.3) is 11.3 Å². The van der Waals surface area contributed by atoms with Crippen LogP contribution in [-0.4, -0.2) is 16.1 Å². The number of hydrogen-bond donors (Lipinski definition) is 0. The molecule has 0 atom stereocenters. The van der Waals surface area contributed by atoms with Crippen molar-refractivity contribution in [3.05, 3.63) is 41.3 Å². The molecule has 0 N–H and O–H groups in total. The minimum Gasteiger partial charge on any atom is -0.298 e. The van der Waals surface area contributed by atoms with Gasteiger partial charge >= 0.3 is 0 Å².